The van der Waals surface area contributed by atoms with E-state index in [4.69, 9.17) is 0 Å². The summed E-state index contributed by atoms with van der Waals surface area (Å²) < 4.78 is 2.31. The Labute approximate surface area is 105 Å². The van der Waals surface area contributed by atoms with Gasteiger partial charge in [-0.15, -0.1) is 0 Å². The highest BCUT2D eigenvalue weighted by Gasteiger charge is 2.19. The molecule has 0 spiro atoms. The van der Waals surface area contributed by atoms with Crippen LogP contribution in [0.3, 0.4) is 0 Å². The SMILES string of the molecule is CC(C)(C)Cc1cncn1CCCNC1CC1. The molecule has 96 valence electrons. The molecular formula is C14H25N3. The number of rotatable bonds is 6. The molecule has 1 aliphatic rings. The van der Waals surface area contributed by atoms with E-state index in [2.05, 4.69) is 35.6 Å². The zero-order valence-electron chi connectivity index (χ0n) is 11.4. The molecule has 1 heterocycles. The maximum atomic E-state index is 4.28. The highest BCUT2D eigenvalue weighted by molar-refractivity contribution is 5.01. The Morgan fingerprint density at radius 3 is 2.82 bits per heavy atom. The topological polar surface area (TPSA) is 29.9 Å². The number of aromatic nitrogens is 2. The molecule has 0 unspecified atom stereocenters. The Morgan fingerprint density at radius 2 is 2.18 bits per heavy atom. The van der Waals surface area contributed by atoms with Crippen molar-refractivity contribution in [1.82, 2.24) is 14.9 Å². The molecule has 0 radical (unpaired) electrons. The van der Waals surface area contributed by atoms with E-state index in [0.29, 0.717) is 5.41 Å². The van der Waals surface area contributed by atoms with E-state index in [1.165, 1.54) is 25.0 Å². The van der Waals surface area contributed by atoms with E-state index < -0.39 is 0 Å². The number of nitrogens with zero attached hydrogens (tertiary/aromatic N) is 2. The Bertz CT molecular complexity index is 345. The zero-order valence-corrected chi connectivity index (χ0v) is 11.4. The van der Waals surface area contributed by atoms with Crippen LogP contribution in [0.5, 0.6) is 0 Å². The Kier molecular flexibility index (Phi) is 3.87. The highest BCUT2D eigenvalue weighted by Crippen LogP contribution is 2.20. The molecule has 3 heteroatoms. The molecule has 0 amide bonds. The molecule has 1 N–H and O–H groups in total. The van der Waals surface area contributed by atoms with Gasteiger partial charge in [-0.2, -0.15) is 0 Å². The van der Waals surface area contributed by atoms with Crippen molar-refractivity contribution in [2.45, 2.75) is 59.0 Å². The van der Waals surface area contributed by atoms with Crippen LogP contribution in [0.1, 0.15) is 45.7 Å². The van der Waals surface area contributed by atoms with Gasteiger partial charge in [-0.3, -0.25) is 0 Å². The average molecular weight is 235 g/mol. The Balaban J connectivity index is 1.76. The first-order valence-corrected chi connectivity index (χ1v) is 6.77. The predicted octanol–water partition coefficient (Wildman–Crippen LogP) is 2.61. The first kappa shape index (κ1) is 12.6. The van der Waals surface area contributed by atoms with Gasteiger partial charge in [0.2, 0.25) is 0 Å². The molecule has 1 fully saturated rings. The minimum Gasteiger partial charge on any atom is -0.335 e. The van der Waals surface area contributed by atoms with Gasteiger partial charge >= 0.3 is 0 Å². The minimum atomic E-state index is 0.337. The second kappa shape index (κ2) is 5.21. The van der Waals surface area contributed by atoms with Crippen molar-refractivity contribution in [1.29, 1.82) is 0 Å². The fourth-order valence-electron chi connectivity index (χ4n) is 2.08. The fourth-order valence-corrected chi connectivity index (χ4v) is 2.08. The van der Waals surface area contributed by atoms with E-state index in [9.17, 15) is 0 Å². The molecule has 0 saturated heterocycles. The normalized spacial score (nSPS) is 16.4. The summed E-state index contributed by atoms with van der Waals surface area (Å²) in [6.07, 6.45) is 9.03. The van der Waals surface area contributed by atoms with Crippen molar-refractivity contribution in [2.75, 3.05) is 6.54 Å². The summed E-state index contributed by atoms with van der Waals surface area (Å²) in [6, 6.07) is 0.826. The maximum Gasteiger partial charge on any atom is 0.0948 e. The smallest absolute Gasteiger partial charge is 0.0948 e. The molecular weight excluding hydrogens is 210 g/mol. The van der Waals surface area contributed by atoms with Crippen LogP contribution in [0, 0.1) is 5.41 Å². The molecule has 1 aromatic heterocycles. The summed E-state index contributed by atoms with van der Waals surface area (Å²) in [6.45, 7) is 9.06. The second-order valence-corrected chi connectivity index (χ2v) is 6.40. The third-order valence-corrected chi connectivity index (χ3v) is 3.10. The number of aryl methyl sites for hydroxylation is 1. The van der Waals surface area contributed by atoms with Gasteiger partial charge in [-0.1, -0.05) is 20.8 Å². The molecule has 3 nitrogen and oxygen atoms in total. The van der Waals surface area contributed by atoms with Crippen molar-refractivity contribution in [3.63, 3.8) is 0 Å². The molecule has 1 aliphatic carbocycles. The van der Waals surface area contributed by atoms with Gasteiger partial charge in [0.15, 0.2) is 0 Å². The van der Waals surface area contributed by atoms with Crippen molar-refractivity contribution in [2.24, 2.45) is 5.41 Å². The van der Waals surface area contributed by atoms with Crippen LogP contribution in [0.25, 0.3) is 0 Å². The van der Waals surface area contributed by atoms with Gasteiger partial charge in [0.05, 0.1) is 6.33 Å². The standard InChI is InChI=1S/C14H25N3/c1-14(2,3)9-13-10-15-11-17(13)8-4-7-16-12-5-6-12/h10-12,16H,4-9H2,1-3H3. The Morgan fingerprint density at radius 1 is 1.41 bits per heavy atom. The number of hydrogen-bond acceptors (Lipinski definition) is 2. The quantitative estimate of drug-likeness (QED) is 0.768. The summed E-state index contributed by atoms with van der Waals surface area (Å²) in [5, 5.41) is 3.55. The van der Waals surface area contributed by atoms with E-state index in [-0.39, 0.29) is 0 Å². The number of imidazole rings is 1. The third-order valence-electron chi connectivity index (χ3n) is 3.10. The molecule has 17 heavy (non-hydrogen) atoms. The van der Waals surface area contributed by atoms with Crippen LogP contribution in [-0.2, 0) is 13.0 Å². The van der Waals surface area contributed by atoms with Gasteiger partial charge in [0.1, 0.15) is 0 Å². The molecule has 0 aliphatic heterocycles. The summed E-state index contributed by atoms with van der Waals surface area (Å²) in [5.74, 6) is 0. The molecule has 0 atom stereocenters. The van der Waals surface area contributed by atoms with Gasteiger partial charge in [-0.05, 0) is 37.6 Å². The molecule has 1 aromatic rings. The van der Waals surface area contributed by atoms with E-state index in [1.54, 1.807) is 0 Å². The maximum absolute atomic E-state index is 4.28. The lowest BCUT2D eigenvalue weighted by Crippen LogP contribution is -2.19. The van der Waals surface area contributed by atoms with Crippen LogP contribution in [-0.4, -0.2) is 22.1 Å². The monoisotopic (exact) mass is 235 g/mol. The van der Waals surface area contributed by atoms with Gasteiger partial charge in [0, 0.05) is 24.5 Å². The summed E-state index contributed by atoms with van der Waals surface area (Å²) >= 11 is 0. The summed E-state index contributed by atoms with van der Waals surface area (Å²) in [5.41, 5.74) is 1.70. The minimum absolute atomic E-state index is 0.337. The van der Waals surface area contributed by atoms with Crippen molar-refractivity contribution >= 4 is 0 Å². The van der Waals surface area contributed by atoms with Crippen molar-refractivity contribution in [3.8, 4) is 0 Å². The second-order valence-electron chi connectivity index (χ2n) is 6.40. The fraction of sp³-hybridized carbons (Fsp3) is 0.786. The number of nitrogens with one attached hydrogen (secondary N) is 1. The zero-order chi connectivity index (χ0) is 12.3. The first-order chi connectivity index (χ1) is 8.04. The van der Waals surface area contributed by atoms with E-state index in [0.717, 1.165) is 25.6 Å². The summed E-state index contributed by atoms with van der Waals surface area (Å²) in [4.78, 5) is 4.28. The van der Waals surface area contributed by atoms with Crippen LogP contribution >= 0.6 is 0 Å². The largest absolute Gasteiger partial charge is 0.335 e. The first-order valence-electron chi connectivity index (χ1n) is 6.77. The van der Waals surface area contributed by atoms with Crippen LogP contribution < -0.4 is 5.32 Å². The van der Waals surface area contributed by atoms with Gasteiger partial charge < -0.3 is 9.88 Å². The Hall–Kier alpha value is -0.830. The molecule has 1 saturated carbocycles. The lowest BCUT2D eigenvalue weighted by Gasteiger charge is -2.19. The molecule has 0 bridgehead atoms. The average Bonchev–Trinajstić information content (AvgIpc) is 2.94. The van der Waals surface area contributed by atoms with Crippen LogP contribution in [0.4, 0.5) is 0 Å². The lowest BCUT2D eigenvalue weighted by molar-refractivity contribution is 0.396. The van der Waals surface area contributed by atoms with Crippen LogP contribution in [0.15, 0.2) is 12.5 Å². The number of hydrogen-bond donors (Lipinski definition) is 1. The summed E-state index contributed by atoms with van der Waals surface area (Å²) in [7, 11) is 0. The molecule has 2 rings (SSSR count). The van der Waals surface area contributed by atoms with Crippen LogP contribution in [0.2, 0.25) is 0 Å². The third kappa shape index (κ3) is 4.50. The van der Waals surface area contributed by atoms with E-state index in [1.807, 2.05) is 12.5 Å². The molecule has 0 aromatic carbocycles. The van der Waals surface area contributed by atoms with Gasteiger partial charge in [0.25, 0.3) is 0 Å². The predicted molar refractivity (Wildman–Crippen MR) is 71.0 cm³/mol. The highest BCUT2D eigenvalue weighted by atomic mass is 15.0. The van der Waals surface area contributed by atoms with Gasteiger partial charge in [-0.25, -0.2) is 4.98 Å². The van der Waals surface area contributed by atoms with Crippen molar-refractivity contribution in [3.05, 3.63) is 18.2 Å². The van der Waals surface area contributed by atoms with Crippen molar-refractivity contribution < 1.29 is 0 Å². The lowest BCUT2D eigenvalue weighted by atomic mass is 9.91. The van der Waals surface area contributed by atoms with E-state index >= 15 is 0 Å².